The van der Waals surface area contributed by atoms with Crippen LogP contribution in [-0.2, 0) is 4.79 Å². The van der Waals surface area contributed by atoms with Crippen molar-refractivity contribution in [3.05, 3.63) is 51.7 Å². The molecule has 2 N–H and O–H groups in total. The van der Waals surface area contributed by atoms with Crippen LogP contribution in [0.2, 0.25) is 5.02 Å². The zero-order chi connectivity index (χ0) is 18.4. The Labute approximate surface area is 163 Å². The number of anilines is 1. The summed E-state index contributed by atoms with van der Waals surface area (Å²) in [5, 5.41) is 18.8. The molecule has 0 saturated heterocycles. The molecule has 2 heterocycles. The SMILES string of the molecule is O=C(CCCNC(=O)c1ccsc1)Nc1nnc(-c2ccccc2Cl)s1. The molecule has 2 aromatic heterocycles. The van der Waals surface area contributed by atoms with E-state index in [9.17, 15) is 9.59 Å². The normalized spacial score (nSPS) is 10.5. The molecule has 0 atom stereocenters. The molecule has 0 fully saturated rings. The van der Waals surface area contributed by atoms with E-state index in [-0.39, 0.29) is 18.2 Å². The monoisotopic (exact) mass is 406 g/mol. The second-order valence-corrected chi connectivity index (χ2v) is 7.48. The second kappa shape index (κ2) is 8.88. The van der Waals surface area contributed by atoms with Gasteiger partial charge in [-0.1, -0.05) is 41.1 Å². The molecule has 0 radical (unpaired) electrons. The summed E-state index contributed by atoms with van der Waals surface area (Å²) < 4.78 is 0. The van der Waals surface area contributed by atoms with Gasteiger partial charge >= 0.3 is 0 Å². The fourth-order valence-electron chi connectivity index (χ4n) is 2.15. The van der Waals surface area contributed by atoms with Crippen molar-refractivity contribution in [2.45, 2.75) is 12.8 Å². The summed E-state index contributed by atoms with van der Waals surface area (Å²) in [4.78, 5) is 23.8. The molecule has 1 aromatic carbocycles. The summed E-state index contributed by atoms with van der Waals surface area (Å²) in [5.41, 5.74) is 1.42. The quantitative estimate of drug-likeness (QED) is 0.579. The van der Waals surface area contributed by atoms with Crippen molar-refractivity contribution >= 4 is 51.2 Å². The number of thiophene rings is 1. The lowest BCUT2D eigenvalue weighted by Gasteiger charge is -2.03. The Balaban J connectivity index is 1.44. The van der Waals surface area contributed by atoms with Gasteiger partial charge in [-0.2, -0.15) is 11.3 Å². The van der Waals surface area contributed by atoms with Crippen molar-refractivity contribution in [3.8, 4) is 10.6 Å². The zero-order valence-corrected chi connectivity index (χ0v) is 16.0. The minimum Gasteiger partial charge on any atom is -0.352 e. The first kappa shape index (κ1) is 18.5. The molecular formula is C17H15ClN4O2S2. The minimum absolute atomic E-state index is 0.125. The van der Waals surface area contributed by atoms with Crippen LogP contribution in [0.25, 0.3) is 10.6 Å². The standard InChI is InChI=1S/C17H15ClN4O2S2/c18-13-5-2-1-4-12(13)16-21-22-17(26-16)20-14(23)6-3-8-19-15(24)11-7-9-25-10-11/h1-2,4-5,7,9-10H,3,6,8H2,(H,19,24)(H,20,22,23). The van der Waals surface area contributed by atoms with Gasteiger partial charge in [0, 0.05) is 29.5 Å². The molecule has 0 unspecified atom stereocenters. The molecular weight excluding hydrogens is 392 g/mol. The third-order valence-electron chi connectivity index (χ3n) is 3.43. The number of rotatable bonds is 7. The van der Waals surface area contributed by atoms with Crippen LogP contribution in [0.5, 0.6) is 0 Å². The number of hydrogen-bond acceptors (Lipinski definition) is 6. The Kier molecular flexibility index (Phi) is 6.32. The lowest BCUT2D eigenvalue weighted by Crippen LogP contribution is -2.25. The summed E-state index contributed by atoms with van der Waals surface area (Å²) >= 11 is 8.87. The number of nitrogens with zero attached hydrogens (tertiary/aromatic N) is 2. The van der Waals surface area contributed by atoms with E-state index in [1.807, 2.05) is 23.6 Å². The number of hydrogen-bond donors (Lipinski definition) is 2. The largest absolute Gasteiger partial charge is 0.352 e. The van der Waals surface area contributed by atoms with Gasteiger partial charge < -0.3 is 10.6 Å². The average Bonchev–Trinajstić information content (AvgIpc) is 3.31. The number of carbonyl (C=O) groups is 2. The van der Waals surface area contributed by atoms with E-state index < -0.39 is 0 Å². The van der Waals surface area contributed by atoms with Gasteiger partial charge in [0.05, 0.1) is 5.02 Å². The average molecular weight is 407 g/mol. The first-order chi connectivity index (χ1) is 12.6. The summed E-state index contributed by atoms with van der Waals surface area (Å²) in [7, 11) is 0. The third-order valence-corrected chi connectivity index (χ3v) is 5.31. The van der Waals surface area contributed by atoms with Crippen molar-refractivity contribution in [1.29, 1.82) is 0 Å². The highest BCUT2D eigenvalue weighted by Crippen LogP contribution is 2.31. The number of halogens is 1. The molecule has 3 aromatic rings. The van der Waals surface area contributed by atoms with Crippen LogP contribution in [0.15, 0.2) is 41.1 Å². The van der Waals surface area contributed by atoms with Crippen LogP contribution >= 0.6 is 34.3 Å². The fraction of sp³-hybridized carbons (Fsp3) is 0.176. The highest BCUT2D eigenvalue weighted by atomic mass is 35.5. The zero-order valence-electron chi connectivity index (χ0n) is 13.6. The Bertz CT molecular complexity index is 896. The molecule has 2 amide bonds. The lowest BCUT2D eigenvalue weighted by atomic mass is 10.2. The lowest BCUT2D eigenvalue weighted by molar-refractivity contribution is -0.116. The molecule has 0 aliphatic heterocycles. The molecule has 0 bridgehead atoms. The Morgan fingerprint density at radius 3 is 2.77 bits per heavy atom. The van der Waals surface area contributed by atoms with E-state index in [4.69, 9.17) is 11.6 Å². The smallest absolute Gasteiger partial charge is 0.252 e. The molecule has 0 spiro atoms. The first-order valence-corrected chi connectivity index (χ1v) is 9.96. The summed E-state index contributed by atoms with van der Waals surface area (Å²) in [5.74, 6) is -0.295. The van der Waals surface area contributed by atoms with Crippen LogP contribution in [0, 0.1) is 0 Å². The maximum atomic E-state index is 12.0. The van der Waals surface area contributed by atoms with E-state index in [1.165, 1.54) is 22.7 Å². The fourth-order valence-corrected chi connectivity index (χ4v) is 3.86. The van der Waals surface area contributed by atoms with E-state index >= 15 is 0 Å². The maximum Gasteiger partial charge on any atom is 0.252 e. The van der Waals surface area contributed by atoms with E-state index in [0.29, 0.717) is 33.7 Å². The van der Waals surface area contributed by atoms with Gasteiger partial charge in [-0.25, -0.2) is 0 Å². The number of nitrogens with one attached hydrogen (secondary N) is 2. The molecule has 0 aliphatic carbocycles. The molecule has 0 aliphatic rings. The Hall–Kier alpha value is -2.29. The van der Waals surface area contributed by atoms with Crippen molar-refractivity contribution in [3.63, 3.8) is 0 Å². The van der Waals surface area contributed by atoms with Crippen LogP contribution in [0.1, 0.15) is 23.2 Å². The second-order valence-electron chi connectivity index (χ2n) is 5.31. The maximum absolute atomic E-state index is 12.0. The van der Waals surface area contributed by atoms with Gasteiger partial charge in [0.25, 0.3) is 5.91 Å². The van der Waals surface area contributed by atoms with Crippen molar-refractivity contribution in [2.75, 3.05) is 11.9 Å². The van der Waals surface area contributed by atoms with Crippen molar-refractivity contribution < 1.29 is 9.59 Å². The van der Waals surface area contributed by atoms with Gasteiger partial charge in [-0.05, 0) is 23.9 Å². The Morgan fingerprint density at radius 1 is 1.15 bits per heavy atom. The van der Waals surface area contributed by atoms with E-state index in [1.54, 1.807) is 17.5 Å². The van der Waals surface area contributed by atoms with Gasteiger partial charge in [-0.15, -0.1) is 10.2 Å². The number of carbonyl (C=O) groups excluding carboxylic acids is 2. The van der Waals surface area contributed by atoms with Crippen LogP contribution in [0.3, 0.4) is 0 Å². The Morgan fingerprint density at radius 2 is 2.00 bits per heavy atom. The van der Waals surface area contributed by atoms with Crippen molar-refractivity contribution in [1.82, 2.24) is 15.5 Å². The van der Waals surface area contributed by atoms with Gasteiger partial charge in [0.2, 0.25) is 11.0 Å². The van der Waals surface area contributed by atoms with E-state index in [2.05, 4.69) is 20.8 Å². The van der Waals surface area contributed by atoms with Gasteiger partial charge in [-0.3, -0.25) is 9.59 Å². The van der Waals surface area contributed by atoms with Crippen LogP contribution in [0.4, 0.5) is 5.13 Å². The predicted octanol–water partition coefficient (Wildman–Crippen LogP) is 4.07. The summed E-state index contributed by atoms with van der Waals surface area (Å²) in [6.07, 6.45) is 0.822. The summed E-state index contributed by atoms with van der Waals surface area (Å²) in [6, 6.07) is 9.10. The molecule has 0 saturated carbocycles. The van der Waals surface area contributed by atoms with E-state index in [0.717, 1.165) is 5.56 Å². The van der Waals surface area contributed by atoms with Gasteiger partial charge in [0.15, 0.2) is 5.01 Å². The molecule has 6 nitrogen and oxygen atoms in total. The highest BCUT2D eigenvalue weighted by Gasteiger charge is 2.12. The minimum atomic E-state index is -0.170. The van der Waals surface area contributed by atoms with Crippen LogP contribution < -0.4 is 10.6 Å². The highest BCUT2D eigenvalue weighted by molar-refractivity contribution is 7.18. The van der Waals surface area contributed by atoms with Gasteiger partial charge in [0.1, 0.15) is 0 Å². The molecule has 9 heteroatoms. The number of benzene rings is 1. The number of aromatic nitrogens is 2. The molecule has 3 rings (SSSR count). The molecule has 26 heavy (non-hydrogen) atoms. The predicted molar refractivity (Wildman–Crippen MR) is 105 cm³/mol. The first-order valence-electron chi connectivity index (χ1n) is 7.82. The molecule has 134 valence electrons. The third kappa shape index (κ3) is 4.87. The van der Waals surface area contributed by atoms with Crippen molar-refractivity contribution in [2.24, 2.45) is 0 Å². The summed E-state index contributed by atoms with van der Waals surface area (Å²) in [6.45, 7) is 0.434. The number of amides is 2. The topological polar surface area (TPSA) is 84.0 Å². The van der Waals surface area contributed by atoms with Crippen LogP contribution in [-0.4, -0.2) is 28.6 Å².